The van der Waals surface area contributed by atoms with Gasteiger partial charge in [-0.2, -0.15) is 0 Å². The summed E-state index contributed by atoms with van der Waals surface area (Å²) in [6.45, 7) is -1.02. The van der Waals surface area contributed by atoms with E-state index in [9.17, 15) is 40.8 Å². The molecule has 16 N–H and O–H groups in total. The molecule has 1 aliphatic carbocycles. The average Bonchev–Trinajstić information content (AvgIpc) is 3.43. The molecule has 0 aromatic heterocycles. The van der Waals surface area contributed by atoms with Gasteiger partial charge in [0.1, 0.15) is 67.1 Å². The Kier molecular flexibility index (Phi) is 12.4. The third kappa shape index (κ3) is 7.57. The summed E-state index contributed by atoms with van der Waals surface area (Å²) in [6, 6.07) is 1.51. The molecular weight excluding hydrogens is 700 g/mol. The fourth-order valence-corrected chi connectivity index (χ4v) is 7.22. The van der Waals surface area contributed by atoms with Crippen LogP contribution in [0.1, 0.15) is 18.3 Å². The number of rotatable bonds is 10. The number of hydrogen-bond acceptors (Lipinski definition) is 21. The summed E-state index contributed by atoms with van der Waals surface area (Å²) in [7, 11) is 0. The molecule has 1 aromatic rings. The van der Waals surface area contributed by atoms with Gasteiger partial charge in [-0.15, -0.1) is 0 Å². The maximum Gasteiger partial charge on any atom is 0.277 e. The van der Waals surface area contributed by atoms with Crippen LogP contribution in [0.2, 0.25) is 0 Å². The van der Waals surface area contributed by atoms with Crippen molar-refractivity contribution in [3.05, 3.63) is 39.9 Å². The molecule has 0 unspecified atom stereocenters. The second-order valence-electron chi connectivity index (χ2n) is 13.6. The lowest BCUT2D eigenvalue weighted by Gasteiger charge is -2.49. The van der Waals surface area contributed by atoms with Gasteiger partial charge in [-0.1, -0.05) is 12.1 Å². The Morgan fingerprint density at radius 1 is 0.750 bits per heavy atom. The first kappa shape index (κ1) is 39.6. The van der Waals surface area contributed by atoms with Gasteiger partial charge in [0, 0.05) is 24.7 Å². The Morgan fingerprint density at radius 2 is 1.38 bits per heavy atom. The molecule has 22 nitrogen and oxygen atoms in total. The Labute approximate surface area is 296 Å². The number of aliphatic hydroxyl groups is 6. The number of ether oxygens (including phenoxy) is 8. The summed E-state index contributed by atoms with van der Waals surface area (Å²) in [5, 5.41) is 75.9. The molecule has 52 heavy (non-hydrogen) atoms. The summed E-state index contributed by atoms with van der Waals surface area (Å²) in [6.07, 6.45) is -21.1. The van der Waals surface area contributed by atoms with Gasteiger partial charge in [-0.05, 0) is 12.5 Å². The maximum atomic E-state index is 11.6. The Morgan fingerprint density at radius 3 is 2.08 bits per heavy atom. The average molecular weight is 749 g/mol. The third-order valence-electron chi connectivity index (χ3n) is 10.2. The first-order valence-corrected chi connectivity index (χ1v) is 16.9. The van der Waals surface area contributed by atoms with Gasteiger partial charge in [0.15, 0.2) is 25.2 Å². The molecule has 1 aromatic carbocycles. The molecule has 0 bridgehead atoms. The number of nitrogens with zero attached hydrogens (tertiary/aromatic N) is 1. The maximum absolute atomic E-state index is 11.6. The number of nitro groups is 1. The second-order valence-corrected chi connectivity index (χ2v) is 13.6. The minimum atomic E-state index is -1.64. The summed E-state index contributed by atoms with van der Waals surface area (Å²) in [5.74, 6) is 0. The molecule has 5 fully saturated rings. The summed E-state index contributed by atoms with van der Waals surface area (Å²) in [5.41, 5.74) is 30.5. The van der Waals surface area contributed by atoms with Gasteiger partial charge >= 0.3 is 0 Å². The van der Waals surface area contributed by atoms with Gasteiger partial charge in [-0.3, -0.25) is 10.1 Å². The van der Waals surface area contributed by atoms with E-state index < -0.39 is 134 Å². The van der Waals surface area contributed by atoms with Crippen molar-refractivity contribution in [2.75, 3.05) is 19.8 Å². The van der Waals surface area contributed by atoms with Crippen molar-refractivity contribution in [3.8, 4) is 0 Å². The topological polar surface area (TPSA) is 368 Å². The Hall–Kier alpha value is -2.14. The van der Waals surface area contributed by atoms with Crippen LogP contribution in [-0.2, 0) is 37.9 Å². The number of aliphatic hydroxyl groups excluding tert-OH is 6. The van der Waals surface area contributed by atoms with Crippen molar-refractivity contribution in [1.29, 1.82) is 0 Å². The van der Waals surface area contributed by atoms with E-state index in [0.29, 0.717) is 0 Å². The number of nitro benzene ring substituents is 1. The molecule has 294 valence electrons. The zero-order valence-electron chi connectivity index (χ0n) is 27.8. The zero-order valence-corrected chi connectivity index (χ0v) is 27.8. The first-order valence-electron chi connectivity index (χ1n) is 16.9. The monoisotopic (exact) mass is 748 g/mol. The zero-order chi connectivity index (χ0) is 37.6. The fourth-order valence-electron chi connectivity index (χ4n) is 7.22. The van der Waals surface area contributed by atoms with Crippen LogP contribution in [0, 0.1) is 10.1 Å². The van der Waals surface area contributed by atoms with E-state index in [2.05, 4.69) is 0 Å². The molecule has 22 heteroatoms. The fraction of sp³-hybridized carbons (Fsp3) is 0.800. The highest BCUT2D eigenvalue weighted by Gasteiger charge is 2.55. The van der Waals surface area contributed by atoms with Crippen LogP contribution in [-0.4, -0.2) is 172 Å². The Balaban J connectivity index is 1.14. The normalized spacial score (nSPS) is 48.3. The van der Waals surface area contributed by atoms with Crippen molar-refractivity contribution in [2.45, 2.75) is 129 Å². The quantitative estimate of drug-likeness (QED) is 0.0783. The van der Waals surface area contributed by atoms with Crippen LogP contribution in [0.15, 0.2) is 24.3 Å². The molecule has 6 rings (SSSR count). The van der Waals surface area contributed by atoms with Crippen molar-refractivity contribution in [2.24, 2.45) is 28.7 Å². The summed E-state index contributed by atoms with van der Waals surface area (Å²) in [4.78, 5) is 11.0. The minimum absolute atomic E-state index is 0.0541. The van der Waals surface area contributed by atoms with Crippen LogP contribution in [0.3, 0.4) is 0 Å². The number of hydrogen-bond donors (Lipinski definition) is 11. The summed E-state index contributed by atoms with van der Waals surface area (Å²) < 4.78 is 47.1. The Bertz CT molecular complexity index is 1370. The van der Waals surface area contributed by atoms with E-state index >= 15 is 0 Å². The summed E-state index contributed by atoms with van der Waals surface area (Å²) >= 11 is 0. The van der Waals surface area contributed by atoms with E-state index in [-0.39, 0.29) is 30.8 Å². The number of para-hydroxylation sites is 1. The highest BCUT2D eigenvalue weighted by atomic mass is 16.8. The molecule has 0 amide bonds. The van der Waals surface area contributed by atoms with Crippen molar-refractivity contribution in [3.63, 3.8) is 0 Å². The number of fused-ring (bicyclic) bond motifs is 1. The molecule has 4 aliphatic heterocycles. The molecular formula is C30H48N6O16. The number of nitrogens with two attached hydrogens (primary N) is 5. The standard InChI is InChI=1S/C30H48N6O16/c31-6-13-19(39)20(40)16(34)28(46-13)51-24-14(7-37)47-30(22(24)42)52-26-18(38)10(32)5-11(33)23(26)49-29-17(35)21(41)25-15(48-29)8-45-27(50-25)9-3-1-2-4-12(9)36(43)44/h1-4,10-11,13-30,37-42H,5-8,31-35H2/t10-,11+,13+,14+,15+,16-,17+,18+,19-,20-,21+,22+,23-,24+,25+,26-,27+,28-,29+,30-/m0/s1. The third-order valence-corrected chi connectivity index (χ3v) is 10.2. The van der Waals surface area contributed by atoms with Crippen molar-refractivity contribution >= 4 is 5.69 Å². The SMILES string of the molecule is NC[C@H]1O[C@@H](O[C@H]2[C@@H](O)[C@H](O[C@H]3[C@H](O)[C@@H](N)C[C@@H](N)[C@@H]3O[C@H]3O[C@@H]4CO[C@@H](c5ccccc5[N+](=O)[O-])O[C@H]4[C@H](O)[C@H]3N)O[C@@H]2CO)[C@@H](N)[C@H](O)[C@H]1O. The van der Waals surface area contributed by atoms with Gasteiger partial charge in [-0.25, -0.2) is 0 Å². The lowest BCUT2D eigenvalue weighted by atomic mass is 9.84. The van der Waals surface area contributed by atoms with Gasteiger partial charge in [0.05, 0.1) is 41.9 Å². The van der Waals surface area contributed by atoms with Crippen LogP contribution in [0.4, 0.5) is 5.69 Å². The second kappa shape index (κ2) is 16.3. The number of benzene rings is 1. The molecule has 0 spiro atoms. The first-order chi connectivity index (χ1) is 24.7. The lowest BCUT2D eigenvalue weighted by molar-refractivity contribution is -0.390. The van der Waals surface area contributed by atoms with Gasteiger partial charge in [0.25, 0.3) is 5.69 Å². The predicted molar refractivity (Wildman–Crippen MR) is 170 cm³/mol. The highest BCUT2D eigenvalue weighted by Crippen LogP contribution is 2.39. The van der Waals surface area contributed by atoms with Gasteiger partial charge < -0.3 is 97.2 Å². The van der Waals surface area contributed by atoms with E-state index in [1.165, 1.54) is 18.2 Å². The van der Waals surface area contributed by atoms with Crippen LogP contribution in [0.5, 0.6) is 0 Å². The molecule has 4 saturated heterocycles. The van der Waals surface area contributed by atoms with Crippen LogP contribution >= 0.6 is 0 Å². The molecule has 4 heterocycles. The molecule has 20 atom stereocenters. The van der Waals surface area contributed by atoms with Crippen molar-refractivity contribution in [1.82, 2.24) is 0 Å². The molecule has 5 aliphatic rings. The minimum Gasteiger partial charge on any atom is -0.394 e. The van der Waals surface area contributed by atoms with E-state index in [4.69, 9.17) is 66.6 Å². The highest BCUT2D eigenvalue weighted by molar-refractivity contribution is 5.40. The predicted octanol–water partition coefficient (Wildman–Crippen LogP) is -6.19. The van der Waals surface area contributed by atoms with E-state index in [1.807, 2.05) is 0 Å². The largest absolute Gasteiger partial charge is 0.394 e. The smallest absolute Gasteiger partial charge is 0.277 e. The van der Waals surface area contributed by atoms with E-state index in [0.717, 1.165) is 0 Å². The molecule has 0 radical (unpaired) electrons. The van der Waals surface area contributed by atoms with Crippen molar-refractivity contribution < 1.29 is 73.5 Å². The molecule has 1 saturated carbocycles. The van der Waals surface area contributed by atoms with Crippen LogP contribution in [0.25, 0.3) is 0 Å². The van der Waals surface area contributed by atoms with Crippen LogP contribution < -0.4 is 28.7 Å². The van der Waals surface area contributed by atoms with Gasteiger partial charge in [0.2, 0.25) is 0 Å². The lowest BCUT2D eigenvalue weighted by Crippen LogP contribution is -2.69. The van der Waals surface area contributed by atoms with E-state index in [1.54, 1.807) is 6.07 Å².